The predicted octanol–water partition coefficient (Wildman–Crippen LogP) is 6.64. The Morgan fingerprint density at radius 1 is 0.583 bits per heavy atom. The molecule has 2 nitrogen and oxygen atoms in total. The molecule has 0 amide bonds. The summed E-state index contributed by atoms with van der Waals surface area (Å²) in [6.07, 6.45) is 20.0. The van der Waals surface area contributed by atoms with Crippen LogP contribution in [0.15, 0.2) is 0 Å². The van der Waals surface area contributed by atoms with Crippen molar-refractivity contribution in [3.05, 3.63) is 0 Å². The van der Waals surface area contributed by atoms with Crippen molar-refractivity contribution in [2.75, 3.05) is 24.7 Å². The standard InChI is InChI=1S/C21H44O2S/c1-3-5-19-23-20-17-15-13-11-9-7-6-8-10-12-14-16-18-21-24(22)4-2/h3-21H2,1-2H3. The second-order valence-electron chi connectivity index (χ2n) is 6.99. The molecule has 0 saturated heterocycles. The van der Waals surface area contributed by atoms with Crippen molar-refractivity contribution < 1.29 is 8.95 Å². The molecule has 0 aromatic carbocycles. The predicted molar refractivity (Wildman–Crippen MR) is 109 cm³/mol. The molecule has 0 aliphatic carbocycles. The molecule has 0 N–H and O–H groups in total. The van der Waals surface area contributed by atoms with Gasteiger partial charge in [-0.2, -0.15) is 0 Å². The van der Waals surface area contributed by atoms with Gasteiger partial charge in [0.2, 0.25) is 0 Å². The van der Waals surface area contributed by atoms with Gasteiger partial charge in [0.25, 0.3) is 0 Å². The quantitative estimate of drug-likeness (QED) is 0.227. The maximum Gasteiger partial charge on any atom is 0.0466 e. The van der Waals surface area contributed by atoms with E-state index in [2.05, 4.69) is 6.92 Å². The van der Waals surface area contributed by atoms with E-state index in [4.69, 9.17) is 4.74 Å². The lowest BCUT2D eigenvalue weighted by atomic mass is 10.0. The Morgan fingerprint density at radius 3 is 1.46 bits per heavy atom. The van der Waals surface area contributed by atoms with Crippen molar-refractivity contribution >= 4 is 10.8 Å². The first-order valence-corrected chi connectivity index (χ1v) is 12.2. The molecule has 0 heterocycles. The van der Waals surface area contributed by atoms with E-state index < -0.39 is 10.8 Å². The number of unbranched alkanes of at least 4 members (excludes halogenated alkanes) is 13. The van der Waals surface area contributed by atoms with Crippen LogP contribution < -0.4 is 0 Å². The van der Waals surface area contributed by atoms with E-state index in [9.17, 15) is 4.21 Å². The van der Waals surface area contributed by atoms with E-state index in [1.54, 1.807) is 0 Å². The van der Waals surface area contributed by atoms with Gasteiger partial charge in [0.1, 0.15) is 0 Å². The minimum absolute atomic E-state index is 0.552. The fourth-order valence-corrected chi connectivity index (χ4v) is 3.72. The lowest BCUT2D eigenvalue weighted by Crippen LogP contribution is -1.99. The molecular weight excluding hydrogens is 316 g/mol. The van der Waals surface area contributed by atoms with Crippen LogP contribution in [-0.4, -0.2) is 28.9 Å². The highest BCUT2D eigenvalue weighted by Crippen LogP contribution is 2.12. The van der Waals surface area contributed by atoms with Crippen molar-refractivity contribution in [2.24, 2.45) is 0 Å². The Kier molecular flexibility index (Phi) is 21.3. The number of hydrogen-bond acceptors (Lipinski definition) is 2. The van der Waals surface area contributed by atoms with Crippen molar-refractivity contribution in [1.82, 2.24) is 0 Å². The molecule has 0 aromatic rings. The van der Waals surface area contributed by atoms with Crippen LogP contribution in [0.4, 0.5) is 0 Å². The SMILES string of the molecule is CCCCOCCCCCCCCCCCCCCCS(=O)CC. The minimum atomic E-state index is -0.552. The average molecular weight is 361 g/mol. The van der Waals surface area contributed by atoms with Gasteiger partial charge in [-0.3, -0.25) is 4.21 Å². The first-order valence-electron chi connectivity index (χ1n) is 10.7. The molecule has 0 aliphatic rings. The highest BCUT2D eigenvalue weighted by molar-refractivity contribution is 7.84. The van der Waals surface area contributed by atoms with Crippen LogP contribution in [0.5, 0.6) is 0 Å². The zero-order chi connectivity index (χ0) is 17.7. The Labute approximate surface area is 155 Å². The van der Waals surface area contributed by atoms with Crippen molar-refractivity contribution in [3.8, 4) is 0 Å². The molecule has 1 unspecified atom stereocenters. The highest BCUT2D eigenvalue weighted by Gasteiger charge is 1.97. The lowest BCUT2D eigenvalue weighted by molar-refractivity contribution is 0.127. The summed E-state index contributed by atoms with van der Waals surface area (Å²) in [6, 6.07) is 0. The fraction of sp³-hybridized carbons (Fsp3) is 1.00. The number of ether oxygens (including phenoxy) is 1. The lowest BCUT2D eigenvalue weighted by Gasteiger charge is -2.04. The summed E-state index contributed by atoms with van der Waals surface area (Å²) >= 11 is 0. The molecule has 0 bridgehead atoms. The molecule has 0 radical (unpaired) electrons. The molecular formula is C21H44O2S. The third kappa shape index (κ3) is 20.2. The van der Waals surface area contributed by atoms with Gasteiger partial charge < -0.3 is 4.74 Å². The molecule has 146 valence electrons. The van der Waals surface area contributed by atoms with Gasteiger partial charge in [0, 0.05) is 35.5 Å². The van der Waals surface area contributed by atoms with E-state index >= 15 is 0 Å². The Bertz CT molecular complexity index is 256. The number of rotatable bonds is 20. The van der Waals surface area contributed by atoms with Gasteiger partial charge in [0.05, 0.1) is 0 Å². The van der Waals surface area contributed by atoms with Gasteiger partial charge in [-0.1, -0.05) is 90.9 Å². The van der Waals surface area contributed by atoms with Crippen molar-refractivity contribution in [2.45, 2.75) is 110 Å². The normalized spacial score (nSPS) is 12.6. The molecule has 0 fully saturated rings. The molecule has 0 saturated carbocycles. The van der Waals surface area contributed by atoms with Crippen molar-refractivity contribution in [1.29, 1.82) is 0 Å². The second kappa shape index (κ2) is 21.2. The highest BCUT2D eigenvalue weighted by atomic mass is 32.2. The van der Waals surface area contributed by atoms with E-state index in [1.807, 2.05) is 6.92 Å². The van der Waals surface area contributed by atoms with Gasteiger partial charge in [0.15, 0.2) is 0 Å². The van der Waals surface area contributed by atoms with Gasteiger partial charge in [-0.15, -0.1) is 0 Å². The van der Waals surface area contributed by atoms with Crippen LogP contribution >= 0.6 is 0 Å². The summed E-state index contributed by atoms with van der Waals surface area (Å²) < 4.78 is 16.9. The summed E-state index contributed by atoms with van der Waals surface area (Å²) in [4.78, 5) is 0. The van der Waals surface area contributed by atoms with E-state index in [-0.39, 0.29) is 0 Å². The molecule has 0 spiro atoms. The molecule has 0 rings (SSSR count). The first kappa shape index (κ1) is 24.1. The largest absolute Gasteiger partial charge is 0.381 e. The first-order chi connectivity index (χ1) is 11.8. The maximum absolute atomic E-state index is 11.3. The van der Waals surface area contributed by atoms with Crippen LogP contribution in [0.1, 0.15) is 110 Å². The smallest absolute Gasteiger partial charge is 0.0466 e. The number of hydrogen-bond donors (Lipinski definition) is 0. The zero-order valence-electron chi connectivity index (χ0n) is 16.7. The van der Waals surface area contributed by atoms with Gasteiger partial charge in [-0.05, 0) is 19.3 Å². The van der Waals surface area contributed by atoms with E-state index in [1.165, 1.54) is 89.9 Å². The third-order valence-corrected chi connectivity index (χ3v) is 6.01. The molecule has 1 atom stereocenters. The molecule has 0 aliphatic heterocycles. The van der Waals surface area contributed by atoms with E-state index in [0.717, 1.165) is 31.1 Å². The summed E-state index contributed by atoms with van der Waals surface area (Å²) in [5, 5.41) is 0. The Hall–Kier alpha value is 0.110. The van der Waals surface area contributed by atoms with Crippen LogP contribution in [0, 0.1) is 0 Å². The summed E-state index contributed by atoms with van der Waals surface area (Å²) in [5.74, 6) is 1.74. The molecule has 0 aromatic heterocycles. The third-order valence-electron chi connectivity index (χ3n) is 4.62. The summed E-state index contributed by atoms with van der Waals surface area (Å²) in [6.45, 7) is 6.14. The minimum Gasteiger partial charge on any atom is -0.381 e. The van der Waals surface area contributed by atoms with Crippen LogP contribution in [-0.2, 0) is 15.5 Å². The monoisotopic (exact) mass is 360 g/mol. The van der Waals surface area contributed by atoms with Crippen LogP contribution in [0.3, 0.4) is 0 Å². The zero-order valence-corrected chi connectivity index (χ0v) is 17.5. The Morgan fingerprint density at radius 2 is 1.00 bits per heavy atom. The average Bonchev–Trinajstić information content (AvgIpc) is 2.60. The summed E-state index contributed by atoms with van der Waals surface area (Å²) in [7, 11) is -0.552. The van der Waals surface area contributed by atoms with Crippen LogP contribution in [0.25, 0.3) is 0 Å². The van der Waals surface area contributed by atoms with Gasteiger partial charge >= 0.3 is 0 Å². The molecule has 3 heteroatoms. The van der Waals surface area contributed by atoms with E-state index in [0.29, 0.717) is 0 Å². The second-order valence-corrected chi connectivity index (χ2v) is 8.86. The maximum atomic E-state index is 11.3. The molecule has 24 heavy (non-hydrogen) atoms. The van der Waals surface area contributed by atoms with Crippen molar-refractivity contribution in [3.63, 3.8) is 0 Å². The van der Waals surface area contributed by atoms with Gasteiger partial charge in [-0.25, -0.2) is 0 Å². The topological polar surface area (TPSA) is 26.3 Å². The fourth-order valence-electron chi connectivity index (χ4n) is 2.90. The Balaban J connectivity index is 2.99. The van der Waals surface area contributed by atoms with Crippen LogP contribution in [0.2, 0.25) is 0 Å². The summed E-state index contributed by atoms with van der Waals surface area (Å²) in [5.41, 5.74) is 0.